The molecule has 0 saturated heterocycles. The van der Waals surface area contributed by atoms with E-state index in [-0.39, 0.29) is 5.56 Å². The quantitative estimate of drug-likeness (QED) is 0.904. The number of halogens is 1. The summed E-state index contributed by atoms with van der Waals surface area (Å²) in [5.74, 6) is -0.165. The number of hydrogen-bond acceptors (Lipinski definition) is 2. The zero-order valence-electron chi connectivity index (χ0n) is 9.68. The van der Waals surface area contributed by atoms with Gasteiger partial charge in [-0.1, -0.05) is 29.8 Å². The monoisotopic (exact) mass is 262 g/mol. The van der Waals surface area contributed by atoms with Crippen molar-refractivity contribution in [2.75, 3.05) is 0 Å². The molecule has 0 unspecified atom stereocenters. The van der Waals surface area contributed by atoms with Crippen molar-refractivity contribution in [3.63, 3.8) is 0 Å². The molecule has 2 aromatic rings. The Hall–Kier alpha value is -2.00. The third-order valence-corrected chi connectivity index (χ3v) is 2.69. The first-order valence-electron chi connectivity index (χ1n) is 5.34. The lowest BCUT2D eigenvalue weighted by Crippen LogP contribution is -2.01. The van der Waals surface area contributed by atoms with Gasteiger partial charge in [0.1, 0.15) is 17.1 Å². The van der Waals surface area contributed by atoms with Crippen LogP contribution in [0.5, 0.6) is 11.5 Å². The maximum absolute atomic E-state index is 11.1. The van der Waals surface area contributed by atoms with Gasteiger partial charge in [0.25, 0.3) is 0 Å². The Morgan fingerprint density at radius 1 is 1.22 bits per heavy atom. The minimum Gasteiger partial charge on any atom is -0.478 e. The Kier molecular flexibility index (Phi) is 3.53. The van der Waals surface area contributed by atoms with Crippen LogP contribution in [0.1, 0.15) is 15.9 Å². The van der Waals surface area contributed by atoms with Gasteiger partial charge in [0.05, 0.1) is 0 Å². The highest BCUT2D eigenvalue weighted by molar-refractivity contribution is 6.30. The smallest absolute Gasteiger partial charge is 0.339 e. The van der Waals surface area contributed by atoms with E-state index in [9.17, 15) is 4.79 Å². The van der Waals surface area contributed by atoms with Gasteiger partial charge in [0.15, 0.2) is 0 Å². The molecule has 0 saturated carbocycles. The largest absolute Gasteiger partial charge is 0.478 e. The van der Waals surface area contributed by atoms with Crippen LogP contribution in [0.4, 0.5) is 0 Å². The molecule has 0 aliphatic rings. The van der Waals surface area contributed by atoms with Crippen molar-refractivity contribution in [3.05, 3.63) is 58.6 Å². The fourth-order valence-corrected chi connectivity index (χ4v) is 1.78. The SMILES string of the molecule is Cc1cccc(C(=O)O)c1Oc1cccc(Cl)c1. The Bertz CT molecular complexity index is 593. The Labute approximate surface area is 110 Å². The van der Waals surface area contributed by atoms with E-state index in [0.717, 1.165) is 5.56 Å². The molecule has 0 aromatic heterocycles. The zero-order chi connectivity index (χ0) is 13.1. The van der Waals surface area contributed by atoms with Gasteiger partial charge in [-0.15, -0.1) is 0 Å². The Morgan fingerprint density at radius 2 is 1.94 bits per heavy atom. The van der Waals surface area contributed by atoms with Crippen molar-refractivity contribution in [2.24, 2.45) is 0 Å². The molecule has 0 atom stereocenters. The topological polar surface area (TPSA) is 46.5 Å². The molecule has 2 rings (SSSR count). The number of carboxylic acids is 1. The van der Waals surface area contributed by atoms with Gasteiger partial charge in [0, 0.05) is 5.02 Å². The van der Waals surface area contributed by atoms with E-state index in [2.05, 4.69) is 0 Å². The standard InChI is InChI=1S/C14H11ClO3/c1-9-4-2-7-12(14(16)17)13(9)18-11-6-3-5-10(15)8-11/h2-8H,1H3,(H,16,17). The molecular formula is C14H11ClO3. The molecule has 0 bridgehead atoms. The van der Waals surface area contributed by atoms with E-state index in [1.54, 1.807) is 43.3 Å². The molecule has 0 spiro atoms. The first kappa shape index (κ1) is 12.5. The third-order valence-electron chi connectivity index (χ3n) is 2.46. The lowest BCUT2D eigenvalue weighted by molar-refractivity contribution is 0.0694. The molecular weight excluding hydrogens is 252 g/mol. The second-order valence-electron chi connectivity index (χ2n) is 3.82. The van der Waals surface area contributed by atoms with Crippen molar-refractivity contribution in [1.29, 1.82) is 0 Å². The first-order valence-corrected chi connectivity index (χ1v) is 5.72. The molecule has 4 heteroatoms. The number of hydrogen-bond donors (Lipinski definition) is 1. The van der Waals surface area contributed by atoms with Crippen LogP contribution >= 0.6 is 11.6 Å². The van der Waals surface area contributed by atoms with Crippen LogP contribution in [0.3, 0.4) is 0 Å². The van der Waals surface area contributed by atoms with Crippen molar-refractivity contribution in [1.82, 2.24) is 0 Å². The van der Waals surface area contributed by atoms with Gasteiger partial charge in [-0.05, 0) is 36.8 Å². The Morgan fingerprint density at radius 3 is 2.61 bits per heavy atom. The summed E-state index contributed by atoms with van der Waals surface area (Å²) >= 11 is 5.86. The van der Waals surface area contributed by atoms with Gasteiger partial charge in [0.2, 0.25) is 0 Å². The van der Waals surface area contributed by atoms with Crippen LogP contribution < -0.4 is 4.74 Å². The highest BCUT2D eigenvalue weighted by Gasteiger charge is 2.14. The first-order chi connectivity index (χ1) is 8.58. The van der Waals surface area contributed by atoms with Gasteiger partial charge < -0.3 is 9.84 Å². The lowest BCUT2D eigenvalue weighted by atomic mass is 10.1. The van der Waals surface area contributed by atoms with Crippen LogP contribution in [0.25, 0.3) is 0 Å². The van der Waals surface area contributed by atoms with Crippen LogP contribution in [0.2, 0.25) is 5.02 Å². The van der Waals surface area contributed by atoms with Crippen LogP contribution in [-0.4, -0.2) is 11.1 Å². The summed E-state index contributed by atoms with van der Waals surface area (Å²) < 4.78 is 5.62. The summed E-state index contributed by atoms with van der Waals surface area (Å²) in [6.07, 6.45) is 0. The molecule has 3 nitrogen and oxygen atoms in total. The minimum absolute atomic E-state index is 0.134. The molecule has 92 valence electrons. The summed E-state index contributed by atoms with van der Waals surface area (Å²) in [6, 6.07) is 11.8. The lowest BCUT2D eigenvalue weighted by Gasteiger charge is -2.11. The van der Waals surface area contributed by atoms with E-state index < -0.39 is 5.97 Å². The highest BCUT2D eigenvalue weighted by Crippen LogP contribution is 2.30. The molecule has 0 aliphatic carbocycles. The normalized spacial score (nSPS) is 10.1. The maximum Gasteiger partial charge on any atom is 0.339 e. The second-order valence-corrected chi connectivity index (χ2v) is 4.25. The van der Waals surface area contributed by atoms with Crippen LogP contribution in [0, 0.1) is 6.92 Å². The van der Waals surface area contributed by atoms with E-state index >= 15 is 0 Å². The number of ether oxygens (including phenoxy) is 1. The number of para-hydroxylation sites is 1. The number of aryl methyl sites for hydroxylation is 1. The van der Waals surface area contributed by atoms with Gasteiger partial charge >= 0.3 is 5.97 Å². The molecule has 0 fully saturated rings. The second kappa shape index (κ2) is 5.10. The Balaban J connectivity index is 2.42. The number of rotatable bonds is 3. The van der Waals surface area contributed by atoms with Gasteiger partial charge in [-0.25, -0.2) is 4.79 Å². The van der Waals surface area contributed by atoms with E-state index in [0.29, 0.717) is 16.5 Å². The van der Waals surface area contributed by atoms with Crippen LogP contribution in [0.15, 0.2) is 42.5 Å². The predicted molar refractivity (Wildman–Crippen MR) is 69.7 cm³/mol. The highest BCUT2D eigenvalue weighted by atomic mass is 35.5. The van der Waals surface area contributed by atoms with E-state index in [1.807, 2.05) is 0 Å². The minimum atomic E-state index is -1.02. The van der Waals surface area contributed by atoms with Crippen LogP contribution in [-0.2, 0) is 0 Å². The summed E-state index contributed by atoms with van der Waals surface area (Å²) in [5.41, 5.74) is 0.893. The predicted octanol–water partition coefficient (Wildman–Crippen LogP) is 4.14. The molecule has 0 aliphatic heterocycles. The molecule has 0 amide bonds. The summed E-state index contributed by atoms with van der Waals surface area (Å²) in [5, 5.41) is 9.66. The van der Waals surface area contributed by atoms with Crippen molar-refractivity contribution < 1.29 is 14.6 Å². The summed E-state index contributed by atoms with van der Waals surface area (Å²) in [7, 11) is 0. The molecule has 0 radical (unpaired) electrons. The van der Waals surface area contributed by atoms with Gasteiger partial charge in [-0.2, -0.15) is 0 Å². The third kappa shape index (κ3) is 2.63. The van der Waals surface area contributed by atoms with Crippen molar-refractivity contribution in [3.8, 4) is 11.5 Å². The summed E-state index contributed by atoms with van der Waals surface area (Å²) in [6.45, 7) is 1.80. The zero-order valence-corrected chi connectivity index (χ0v) is 10.4. The van der Waals surface area contributed by atoms with Gasteiger partial charge in [-0.3, -0.25) is 0 Å². The van der Waals surface area contributed by atoms with Crippen molar-refractivity contribution in [2.45, 2.75) is 6.92 Å². The molecule has 18 heavy (non-hydrogen) atoms. The average Bonchev–Trinajstić information content (AvgIpc) is 2.31. The average molecular weight is 263 g/mol. The fourth-order valence-electron chi connectivity index (χ4n) is 1.60. The molecule has 2 aromatic carbocycles. The van der Waals surface area contributed by atoms with E-state index in [1.165, 1.54) is 6.07 Å². The maximum atomic E-state index is 11.1. The van der Waals surface area contributed by atoms with Crippen molar-refractivity contribution >= 4 is 17.6 Å². The fraction of sp³-hybridized carbons (Fsp3) is 0.0714. The number of aromatic carboxylic acids is 1. The molecule has 1 N–H and O–H groups in total. The molecule has 0 heterocycles. The number of benzene rings is 2. The summed E-state index contributed by atoms with van der Waals surface area (Å²) in [4.78, 5) is 11.1. The van der Waals surface area contributed by atoms with E-state index in [4.69, 9.17) is 21.4 Å². The number of carbonyl (C=O) groups is 1. The number of carboxylic acid groups (broad SMARTS) is 1.